The van der Waals surface area contributed by atoms with Gasteiger partial charge in [0.15, 0.2) is 11.5 Å². The van der Waals surface area contributed by atoms with E-state index in [-0.39, 0.29) is 5.91 Å². The maximum absolute atomic E-state index is 12.9. The Balaban J connectivity index is 1.89. The topological polar surface area (TPSA) is 61.7 Å². The predicted octanol–water partition coefficient (Wildman–Crippen LogP) is 4.37. The molecule has 0 fully saturated rings. The van der Waals surface area contributed by atoms with E-state index in [1.807, 2.05) is 48.7 Å². The number of hydrogen-bond acceptors (Lipinski definition) is 4. The Labute approximate surface area is 164 Å². The van der Waals surface area contributed by atoms with Crippen LogP contribution in [0.25, 0.3) is 5.69 Å². The van der Waals surface area contributed by atoms with Gasteiger partial charge in [0.05, 0.1) is 26.9 Å². The zero-order chi connectivity index (χ0) is 20.3. The standard InChI is InChI=1S/C22H24N2O4/c1-14-12-19(15(2)24(14)17-7-9-18(26-3)10-8-17)22(25)23-16-6-11-20(27-4)21(13-16)28-5/h6-13H,1-5H3,(H,23,25). The minimum Gasteiger partial charge on any atom is -0.497 e. The minimum atomic E-state index is -0.180. The van der Waals surface area contributed by atoms with E-state index in [9.17, 15) is 4.79 Å². The summed E-state index contributed by atoms with van der Waals surface area (Å²) in [4.78, 5) is 12.9. The number of rotatable bonds is 6. The van der Waals surface area contributed by atoms with Crippen molar-refractivity contribution in [3.63, 3.8) is 0 Å². The van der Waals surface area contributed by atoms with E-state index in [4.69, 9.17) is 14.2 Å². The zero-order valence-corrected chi connectivity index (χ0v) is 16.7. The molecule has 0 aliphatic heterocycles. The Bertz CT molecular complexity index is 991. The fourth-order valence-corrected chi connectivity index (χ4v) is 3.23. The molecule has 1 N–H and O–H groups in total. The number of carbonyl (C=O) groups is 1. The van der Waals surface area contributed by atoms with E-state index in [1.165, 1.54) is 0 Å². The van der Waals surface area contributed by atoms with Gasteiger partial charge in [-0.2, -0.15) is 0 Å². The fraction of sp³-hybridized carbons (Fsp3) is 0.227. The van der Waals surface area contributed by atoms with E-state index in [2.05, 4.69) is 5.32 Å². The van der Waals surface area contributed by atoms with Crippen molar-refractivity contribution in [3.8, 4) is 22.9 Å². The van der Waals surface area contributed by atoms with Gasteiger partial charge in [-0.25, -0.2) is 0 Å². The van der Waals surface area contributed by atoms with Crippen molar-refractivity contribution >= 4 is 11.6 Å². The lowest BCUT2D eigenvalue weighted by Crippen LogP contribution is -2.13. The fourth-order valence-electron chi connectivity index (χ4n) is 3.23. The molecule has 0 saturated heterocycles. The molecule has 0 atom stereocenters. The van der Waals surface area contributed by atoms with Crippen LogP contribution in [-0.2, 0) is 0 Å². The van der Waals surface area contributed by atoms with Crippen LogP contribution in [0.3, 0.4) is 0 Å². The number of nitrogens with one attached hydrogen (secondary N) is 1. The summed E-state index contributed by atoms with van der Waals surface area (Å²) in [5.74, 6) is 1.78. The molecule has 0 bridgehead atoms. The number of ether oxygens (including phenoxy) is 3. The van der Waals surface area contributed by atoms with Gasteiger partial charge < -0.3 is 24.1 Å². The molecule has 0 spiro atoms. The first kappa shape index (κ1) is 19.4. The molecule has 3 rings (SSSR count). The maximum Gasteiger partial charge on any atom is 0.257 e. The molecule has 0 saturated carbocycles. The van der Waals surface area contributed by atoms with E-state index in [0.717, 1.165) is 22.8 Å². The summed E-state index contributed by atoms with van der Waals surface area (Å²) in [7, 11) is 4.77. The Morgan fingerprint density at radius 2 is 1.54 bits per heavy atom. The molecular formula is C22H24N2O4. The smallest absolute Gasteiger partial charge is 0.257 e. The molecule has 0 radical (unpaired) electrons. The largest absolute Gasteiger partial charge is 0.497 e. The molecule has 0 aliphatic carbocycles. The lowest BCUT2D eigenvalue weighted by Gasteiger charge is -2.12. The van der Waals surface area contributed by atoms with E-state index in [1.54, 1.807) is 39.5 Å². The highest BCUT2D eigenvalue weighted by Crippen LogP contribution is 2.30. The Hall–Kier alpha value is -3.41. The molecule has 3 aromatic rings. The van der Waals surface area contributed by atoms with Gasteiger partial charge in [-0.1, -0.05) is 0 Å². The molecule has 2 aromatic carbocycles. The summed E-state index contributed by atoms with van der Waals surface area (Å²) in [6, 6.07) is 14.9. The summed E-state index contributed by atoms with van der Waals surface area (Å²) < 4.78 is 17.8. The zero-order valence-electron chi connectivity index (χ0n) is 16.7. The van der Waals surface area contributed by atoms with E-state index >= 15 is 0 Å². The molecule has 0 unspecified atom stereocenters. The second kappa shape index (κ2) is 8.08. The summed E-state index contributed by atoms with van der Waals surface area (Å²) in [6.07, 6.45) is 0. The SMILES string of the molecule is COc1ccc(-n2c(C)cc(C(=O)Nc3ccc(OC)c(OC)c3)c2C)cc1. The van der Waals surface area contributed by atoms with Crippen LogP contribution in [0.4, 0.5) is 5.69 Å². The predicted molar refractivity (Wildman–Crippen MR) is 109 cm³/mol. The molecular weight excluding hydrogens is 356 g/mol. The normalized spacial score (nSPS) is 10.5. The third kappa shape index (κ3) is 3.67. The van der Waals surface area contributed by atoms with Crippen LogP contribution in [0.2, 0.25) is 0 Å². The van der Waals surface area contributed by atoms with Crippen LogP contribution >= 0.6 is 0 Å². The molecule has 1 heterocycles. The van der Waals surface area contributed by atoms with Gasteiger partial charge >= 0.3 is 0 Å². The van der Waals surface area contributed by atoms with Crippen molar-refractivity contribution < 1.29 is 19.0 Å². The van der Waals surface area contributed by atoms with Crippen molar-refractivity contribution in [2.75, 3.05) is 26.6 Å². The second-order valence-corrected chi connectivity index (χ2v) is 6.34. The second-order valence-electron chi connectivity index (χ2n) is 6.34. The number of hydrogen-bond donors (Lipinski definition) is 1. The van der Waals surface area contributed by atoms with Crippen molar-refractivity contribution in [1.82, 2.24) is 4.57 Å². The molecule has 0 aliphatic rings. The van der Waals surface area contributed by atoms with Crippen LogP contribution in [0.15, 0.2) is 48.5 Å². The van der Waals surface area contributed by atoms with E-state index < -0.39 is 0 Å². The first-order chi connectivity index (χ1) is 13.5. The van der Waals surface area contributed by atoms with Gasteiger partial charge in [0.25, 0.3) is 5.91 Å². The summed E-state index contributed by atoms with van der Waals surface area (Å²) in [6.45, 7) is 3.91. The third-order valence-corrected chi connectivity index (χ3v) is 4.65. The average molecular weight is 380 g/mol. The molecule has 6 heteroatoms. The minimum absolute atomic E-state index is 0.180. The van der Waals surface area contributed by atoms with Crippen molar-refractivity contribution in [2.45, 2.75) is 13.8 Å². The van der Waals surface area contributed by atoms with Crippen LogP contribution in [-0.4, -0.2) is 31.8 Å². The molecule has 28 heavy (non-hydrogen) atoms. The molecule has 6 nitrogen and oxygen atoms in total. The monoisotopic (exact) mass is 380 g/mol. The van der Waals surface area contributed by atoms with Crippen LogP contribution in [0, 0.1) is 13.8 Å². The summed E-state index contributed by atoms with van der Waals surface area (Å²) in [5, 5.41) is 2.93. The third-order valence-electron chi connectivity index (χ3n) is 4.65. The average Bonchev–Trinajstić information content (AvgIpc) is 3.02. The van der Waals surface area contributed by atoms with Crippen LogP contribution in [0.1, 0.15) is 21.7 Å². The number of anilines is 1. The number of amides is 1. The lowest BCUT2D eigenvalue weighted by molar-refractivity contribution is 0.102. The van der Waals surface area contributed by atoms with Gasteiger partial charge in [0, 0.05) is 28.8 Å². The van der Waals surface area contributed by atoms with Crippen LogP contribution in [0.5, 0.6) is 17.2 Å². The molecule has 146 valence electrons. The van der Waals surface area contributed by atoms with E-state index in [0.29, 0.717) is 22.7 Å². The Morgan fingerprint density at radius 3 is 2.14 bits per heavy atom. The summed E-state index contributed by atoms with van der Waals surface area (Å²) in [5.41, 5.74) is 4.06. The first-order valence-electron chi connectivity index (χ1n) is 8.85. The van der Waals surface area contributed by atoms with Crippen LogP contribution < -0.4 is 19.5 Å². The van der Waals surface area contributed by atoms with Crippen molar-refractivity contribution in [1.29, 1.82) is 0 Å². The highest BCUT2D eigenvalue weighted by Gasteiger charge is 2.17. The Kier molecular flexibility index (Phi) is 5.59. The number of carbonyl (C=O) groups excluding carboxylic acids is 1. The van der Waals surface area contributed by atoms with Gasteiger partial charge in [0.1, 0.15) is 5.75 Å². The number of methoxy groups -OCH3 is 3. The van der Waals surface area contributed by atoms with Gasteiger partial charge in [0.2, 0.25) is 0 Å². The maximum atomic E-state index is 12.9. The number of aromatic nitrogens is 1. The number of nitrogens with zero attached hydrogens (tertiary/aromatic N) is 1. The highest BCUT2D eigenvalue weighted by atomic mass is 16.5. The lowest BCUT2D eigenvalue weighted by atomic mass is 10.2. The van der Waals surface area contributed by atoms with Crippen molar-refractivity contribution in [2.24, 2.45) is 0 Å². The highest BCUT2D eigenvalue weighted by molar-refractivity contribution is 6.05. The number of aryl methyl sites for hydroxylation is 1. The first-order valence-corrected chi connectivity index (χ1v) is 8.85. The molecule has 1 aromatic heterocycles. The molecule has 1 amide bonds. The number of benzene rings is 2. The van der Waals surface area contributed by atoms with Gasteiger partial charge in [-0.15, -0.1) is 0 Å². The van der Waals surface area contributed by atoms with Gasteiger partial charge in [-0.05, 0) is 56.3 Å². The Morgan fingerprint density at radius 1 is 0.857 bits per heavy atom. The van der Waals surface area contributed by atoms with Crippen molar-refractivity contribution in [3.05, 3.63) is 65.5 Å². The quantitative estimate of drug-likeness (QED) is 0.690. The van der Waals surface area contributed by atoms with Gasteiger partial charge in [-0.3, -0.25) is 4.79 Å². The summed E-state index contributed by atoms with van der Waals surface area (Å²) >= 11 is 0.